The van der Waals surface area contributed by atoms with Gasteiger partial charge in [-0.15, -0.1) is 0 Å². The van der Waals surface area contributed by atoms with Crippen LogP contribution in [0.15, 0.2) is 42.5 Å². The molecule has 25 heavy (non-hydrogen) atoms. The van der Waals surface area contributed by atoms with Crippen LogP contribution in [0.1, 0.15) is 21.6 Å². The Balaban J connectivity index is 1.97. The smallest absolute Gasteiger partial charge is 0.418 e. The molecule has 3 aromatic rings. The highest BCUT2D eigenvalue weighted by Gasteiger charge is 2.33. The standard InChI is InChI=1S/C18H15F3N2O2/c1-10-12-8-7-11(25-2)9-15(12)22-16(10)17(24)23-14-6-4-3-5-13(14)18(19,20)21/h3-9,22H,1-2H3,(H,23,24). The number of para-hydroxylation sites is 1. The Morgan fingerprint density at radius 2 is 1.88 bits per heavy atom. The van der Waals surface area contributed by atoms with Crippen LogP contribution in [-0.4, -0.2) is 18.0 Å². The molecule has 0 radical (unpaired) electrons. The van der Waals surface area contributed by atoms with Crippen molar-refractivity contribution < 1.29 is 22.7 Å². The molecule has 7 heteroatoms. The summed E-state index contributed by atoms with van der Waals surface area (Å²) in [6, 6.07) is 10.1. The summed E-state index contributed by atoms with van der Waals surface area (Å²) in [5.41, 5.74) is 0.361. The molecule has 2 aromatic carbocycles. The Morgan fingerprint density at radius 3 is 2.56 bits per heavy atom. The summed E-state index contributed by atoms with van der Waals surface area (Å²) in [6.45, 7) is 1.73. The third-order valence-corrected chi connectivity index (χ3v) is 3.97. The van der Waals surface area contributed by atoms with Crippen LogP contribution in [0, 0.1) is 6.92 Å². The summed E-state index contributed by atoms with van der Waals surface area (Å²) in [5.74, 6) is -0.0208. The van der Waals surface area contributed by atoms with Crippen molar-refractivity contribution in [3.05, 3.63) is 59.3 Å². The number of ether oxygens (including phenoxy) is 1. The average molecular weight is 348 g/mol. The van der Waals surface area contributed by atoms with Crippen LogP contribution >= 0.6 is 0 Å². The first-order chi connectivity index (χ1) is 11.8. The van der Waals surface area contributed by atoms with Gasteiger partial charge in [0, 0.05) is 17.0 Å². The number of anilines is 1. The van der Waals surface area contributed by atoms with E-state index in [-0.39, 0.29) is 11.4 Å². The lowest BCUT2D eigenvalue weighted by molar-refractivity contribution is -0.136. The molecule has 4 nitrogen and oxygen atoms in total. The maximum atomic E-state index is 13.1. The number of amides is 1. The summed E-state index contributed by atoms with van der Waals surface area (Å²) in [6.07, 6.45) is -4.55. The van der Waals surface area contributed by atoms with E-state index in [4.69, 9.17) is 4.74 Å². The molecule has 1 aromatic heterocycles. The minimum absolute atomic E-state index is 0.209. The van der Waals surface area contributed by atoms with E-state index in [0.717, 1.165) is 11.5 Å². The zero-order valence-electron chi connectivity index (χ0n) is 13.5. The Bertz CT molecular complexity index is 945. The van der Waals surface area contributed by atoms with Gasteiger partial charge in [-0.05, 0) is 36.8 Å². The minimum Gasteiger partial charge on any atom is -0.497 e. The van der Waals surface area contributed by atoms with Gasteiger partial charge in [0.2, 0.25) is 0 Å². The molecule has 0 unspecified atom stereocenters. The Morgan fingerprint density at radius 1 is 1.16 bits per heavy atom. The second-order valence-electron chi connectivity index (χ2n) is 5.53. The van der Waals surface area contributed by atoms with Crippen LogP contribution in [0.4, 0.5) is 18.9 Å². The number of alkyl halides is 3. The minimum atomic E-state index is -4.55. The SMILES string of the molecule is COc1ccc2c(C)c(C(=O)Nc3ccccc3C(F)(F)F)[nH]c2c1. The molecule has 3 rings (SSSR count). The number of benzene rings is 2. The van der Waals surface area contributed by atoms with Crippen LogP contribution in [0.25, 0.3) is 10.9 Å². The summed E-state index contributed by atoms with van der Waals surface area (Å²) >= 11 is 0. The number of hydrogen-bond donors (Lipinski definition) is 2. The van der Waals surface area contributed by atoms with E-state index < -0.39 is 17.6 Å². The molecule has 0 aliphatic rings. The molecule has 0 spiro atoms. The normalized spacial score (nSPS) is 11.6. The van der Waals surface area contributed by atoms with Crippen LogP contribution < -0.4 is 10.1 Å². The lowest BCUT2D eigenvalue weighted by Crippen LogP contribution is -2.17. The number of nitrogens with one attached hydrogen (secondary N) is 2. The number of rotatable bonds is 3. The Kier molecular flexibility index (Phi) is 4.16. The number of carbonyl (C=O) groups is 1. The molecule has 0 fully saturated rings. The summed E-state index contributed by atoms with van der Waals surface area (Å²) in [5, 5.41) is 3.14. The third kappa shape index (κ3) is 3.17. The Labute approximate surface area is 141 Å². The first-order valence-corrected chi connectivity index (χ1v) is 7.45. The quantitative estimate of drug-likeness (QED) is 0.717. The van der Waals surface area contributed by atoms with E-state index in [0.29, 0.717) is 16.8 Å². The molecule has 1 heterocycles. The van der Waals surface area contributed by atoms with Crippen molar-refractivity contribution in [3.63, 3.8) is 0 Å². The van der Waals surface area contributed by atoms with E-state index in [1.807, 2.05) is 0 Å². The van der Waals surface area contributed by atoms with Gasteiger partial charge in [0.25, 0.3) is 5.91 Å². The lowest BCUT2D eigenvalue weighted by atomic mass is 10.1. The summed E-state index contributed by atoms with van der Waals surface area (Å²) in [7, 11) is 1.53. The number of aromatic amines is 1. The molecule has 0 saturated heterocycles. The number of carbonyl (C=O) groups excluding carboxylic acids is 1. The molecule has 2 N–H and O–H groups in total. The fourth-order valence-corrected chi connectivity index (χ4v) is 2.70. The molecule has 1 amide bonds. The molecule has 0 bridgehead atoms. The predicted octanol–water partition coefficient (Wildman–Crippen LogP) is 4.76. The van der Waals surface area contributed by atoms with Gasteiger partial charge in [0.1, 0.15) is 11.4 Å². The first kappa shape index (κ1) is 16.9. The van der Waals surface area contributed by atoms with E-state index in [1.165, 1.54) is 25.3 Å². The molecule has 0 atom stereocenters. The van der Waals surface area contributed by atoms with E-state index in [2.05, 4.69) is 10.3 Å². The van der Waals surface area contributed by atoms with Crippen molar-refractivity contribution >= 4 is 22.5 Å². The topological polar surface area (TPSA) is 54.1 Å². The van der Waals surface area contributed by atoms with Crippen LogP contribution in [0.2, 0.25) is 0 Å². The van der Waals surface area contributed by atoms with Gasteiger partial charge in [0.15, 0.2) is 0 Å². The van der Waals surface area contributed by atoms with Crippen LogP contribution in [-0.2, 0) is 6.18 Å². The molecule has 0 aliphatic heterocycles. The van der Waals surface area contributed by atoms with Gasteiger partial charge in [-0.2, -0.15) is 13.2 Å². The number of H-pyrrole nitrogens is 1. The fourth-order valence-electron chi connectivity index (χ4n) is 2.70. The number of methoxy groups -OCH3 is 1. The molecular weight excluding hydrogens is 333 g/mol. The lowest BCUT2D eigenvalue weighted by Gasteiger charge is -2.13. The van der Waals surface area contributed by atoms with Gasteiger partial charge >= 0.3 is 6.18 Å². The number of aryl methyl sites for hydroxylation is 1. The second kappa shape index (κ2) is 6.16. The van der Waals surface area contributed by atoms with Crippen molar-refractivity contribution in [2.75, 3.05) is 12.4 Å². The Hall–Kier alpha value is -2.96. The van der Waals surface area contributed by atoms with Gasteiger partial charge in [-0.1, -0.05) is 12.1 Å². The van der Waals surface area contributed by atoms with Crippen molar-refractivity contribution in [1.29, 1.82) is 0 Å². The van der Waals surface area contributed by atoms with Gasteiger partial charge < -0.3 is 15.0 Å². The number of halogens is 3. The molecule has 0 aliphatic carbocycles. The van der Waals surface area contributed by atoms with Crippen molar-refractivity contribution in [2.24, 2.45) is 0 Å². The van der Waals surface area contributed by atoms with E-state index in [9.17, 15) is 18.0 Å². The highest BCUT2D eigenvalue weighted by Crippen LogP contribution is 2.35. The number of aromatic nitrogens is 1. The average Bonchev–Trinajstić information content (AvgIpc) is 2.90. The van der Waals surface area contributed by atoms with Crippen LogP contribution in [0.3, 0.4) is 0 Å². The maximum absolute atomic E-state index is 13.1. The molecular formula is C18H15F3N2O2. The van der Waals surface area contributed by atoms with Crippen molar-refractivity contribution in [3.8, 4) is 5.75 Å². The maximum Gasteiger partial charge on any atom is 0.418 e. The number of fused-ring (bicyclic) bond motifs is 1. The monoisotopic (exact) mass is 348 g/mol. The summed E-state index contributed by atoms with van der Waals surface area (Å²) in [4.78, 5) is 15.4. The second-order valence-corrected chi connectivity index (χ2v) is 5.53. The zero-order valence-corrected chi connectivity index (χ0v) is 13.5. The fraction of sp³-hybridized carbons (Fsp3) is 0.167. The van der Waals surface area contributed by atoms with Gasteiger partial charge in [-0.3, -0.25) is 4.79 Å². The highest BCUT2D eigenvalue weighted by atomic mass is 19.4. The zero-order chi connectivity index (χ0) is 18.2. The van der Waals surface area contributed by atoms with E-state index >= 15 is 0 Å². The largest absolute Gasteiger partial charge is 0.497 e. The van der Waals surface area contributed by atoms with E-state index in [1.54, 1.807) is 25.1 Å². The predicted molar refractivity (Wildman–Crippen MR) is 89.0 cm³/mol. The third-order valence-electron chi connectivity index (χ3n) is 3.97. The van der Waals surface area contributed by atoms with Crippen molar-refractivity contribution in [2.45, 2.75) is 13.1 Å². The summed E-state index contributed by atoms with van der Waals surface area (Å²) < 4.78 is 44.3. The van der Waals surface area contributed by atoms with Gasteiger partial charge in [-0.25, -0.2) is 0 Å². The number of hydrogen-bond acceptors (Lipinski definition) is 2. The molecule has 0 saturated carbocycles. The molecule has 130 valence electrons. The van der Waals surface area contributed by atoms with Gasteiger partial charge in [0.05, 0.1) is 18.4 Å². The first-order valence-electron chi connectivity index (χ1n) is 7.45. The highest BCUT2D eigenvalue weighted by molar-refractivity contribution is 6.08. The van der Waals surface area contributed by atoms with Crippen LogP contribution in [0.5, 0.6) is 5.75 Å². The van der Waals surface area contributed by atoms with Crippen molar-refractivity contribution in [1.82, 2.24) is 4.98 Å².